The summed E-state index contributed by atoms with van der Waals surface area (Å²) in [6, 6.07) is 36.0. The summed E-state index contributed by atoms with van der Waals surface area (Å²) in [6.07, 6.45) is 0. The molecule has 2 heterocycles. The molecule has 0 atom stereocenters. The van der Waals surface area contributed by atoms with Crippen molar-refractivity contribution in [2.24, 2.45) is 0 Å². The predicted octanol–water partition coefficient (Wildman–Crippen LogP) is -1.50. The second-order valence-electron chi connectivity index (χ2n) is 14.4. The Morgan fingerprint density at radius 2 is 0.583 bits per heavy atom. The van der Waals surface area contributed by atoms with Crippen molar-refractivity contribution in [1.29, 1.82) is 0 Å². The van der Waals surface area contributed by atoms with E-state index in [4.69, 9.17) is 106 Å². The molecule has 0 aliphatic rings. The zero-order chi connectivity index (χ0) is 42.1. The molecule has 0 N–H and O–H groups in total. The van der Waals surface area contributed by atoms with Crippen molar-refractivity contribution in [2.75, 3.05) is 0 Å². The highest BCUT2D eigenvalue weighted by molar-refractivity contribution is 6.71. The predicted molar refractivity (Wildman–Crippen MR) is 259 cm³/mol. The molecule has 0 fully saturated rings. The molecule has 9 rings (SSSR count). The van der Waals surface area contributed by atoms with Gasteiger partial charge in [0.2, 0.25) is 0 Å². The Bertz CT molecular complexity index is 3170. The van der Waals surface area contributed by atoms with E-state index in [1.165, 1.54) is 0 Å². The van der Waals surface area contributed by atoms with E-state index in [0.29, 0.717) is 17.2 Å². The number of rotatable bonds is 6. The molecule has 0 amide bonds. The van der Waals surface area contributed by atoms with E-state index in [0.717, 1.165) is 27.8 Å². The molecule has 0 spiro atoms. The molecule has 0 bridgehead atoms. The summed E-state index contributed by atoms with van der Waals surface area (Å²) in [6.45, 7) is 0. The van der Waals surface area contributed by atoms with Gasteiger partial charge in [0.25, 0.3) is 0 Å². The van der Waals surface area contributed by atoms with Crippen LogP contribution in [0.5, 0.6) is 0 Å². The van der Waals surface area contributed by atoms with Crippen molar-refractivity contribution in [1.82, 2.24) is 15.0 Å². The van der Waals surface area contributed by atoms with E-state index >= 15 is 0 Å². The lowest BCUT2D eigenvalue weighted by atomic mass is 9.57. The van der Waals surface area contributed by atoms with Crippen molar-refractivity contribution in [2.45, 2.75) is 0 Å². The summed E-state index contributed by atoms with van der Waals surface area (Å²) in [5.41, 5.74) is 6.75. The highest BCUT2D eigenvalue weighted by Gasteiger charge is 2.27. The summed E-state index contributed by atoms with van der Waals surface area (Å²) < 4.78 is 6.59. The number of aromatic nitrogens is 3. The van der Waals surface area contributed by atoms with E-state index in [2.05, 4.69) is 36.4 Å². The topological polar surface area (TPSA) is 51.8 Å². The summed E-state index contributed by atoms with van der Waals surface area (Å²) in [7, 11) is 71.9. The normalized spacial score (nSPS) is 11.4. The first kappa shape index (κ1) is 39.5. The fourth-order valence-electron chi connectivity index (χ4n) is 7.62. The summed E-state index contributed by atoms with van der Waals surface area (Å²) in [4.78, 5) is 14.8. The van der Waals surface area contributed by atoms with Crippen LogP contribution in [0.2, 0.25) is 0 Å². The standard InChI is InChI=1S/C45H18B11N3O/c46-30-26(25-31(47)38(54)40(56)39(55)32(25)48)36(52)42-28(33(30)49)27-34(50)37(53)35(51)29(41(27)60-42)45-58-43(23-9-5-2-6-10-23)57-44(59-45)24-17-15-22(16-18-24)21-13-11-20(12-14-21)19-7-3-1-4-8-19/h1-18H. The van der Waals surface area contributed by atoms with Crippen molar-refractivity contribution in [3.63, 3.8) is 0 Å². The van der Waals surface area contributed by atoms with Gasteiger partial charge in [-0.3, -0.25) is 0 Å². The minimum absolute atomic E-state index is 0.00121. The highest BCUT2D eigenvalue weighted by atomic mass is 16.3. The summed E-state index contributed by atoms with van der Waals surface area (Å²) in [5.74, 6) is 0.870. The molecule has 15 heteroatoms. The molecule has 2 aromatic heterocycles. The number of hydrogen-bond acceptors (Lipinski definition) is 4. The number of nitrogens with zero attached hydrogens (tertiary/aromatic N) is 3. The first-order valence-electron chi connectivity index (χ1n) is 18.6. The van der Waals surface area contributed by atoms with Crippen LogP contribution in [-0.4, -0.2) is 101 Å². The second kappa shape index (κ2) is 15.3. The third-order valence-corrected chi connectivity index (χ3v) is 10.9. The Kier molecular flexibility index (Phi) is 10.1. The molecule has 22 radical (unpaired) electrons. The minimum atomic E-state index is -0.00200. The third-order valence-electron chi connectivity index (χ3n) is 10.9. The smallest absolute Gasteiger partial charge is 0.167 e. The van der Waals surface area contributed by atoms with Crippen molar-refractivity contribution < 1.29 is 4.42 Å². The Balaban J connectivity index is 1.24. The van der Waals surface area contributed by atoms with Gasteiger partial charge >= 0.3 is 0 Å². The van der Waals surface area contributed by atoms with E-state index < -0.39 is 0 Å². The fraction of sp³-hybridized carbons (Fsp3) is 0. The molecule has 0 aliphatic heterocycles. The molecule has 7 aromatic carbocycles. The van der Waals surface area contributed by atoms with Gasteiger partial charge in [0.05, 0.1) is 5.56 Å². The first-order chi connectivity index (χ1) is 28.8. The Labute approximate surface area is 362 Å². The van der Waals surface area contributed by atoms with Gasteiger partial charge in [-0.25, -0.2) is 15.0 Å². The number of furan rings is 1. The number of hydrogen-bond donors (Lipinski definition) is 0. The first-order valence-corrected chi connectivity index (χ1v) is 18.6. The Hall–Kier alpha value is -5.94. The maximum atomic E-state index is 6.87. The maximum Gasteiger partial charge on any atom is 0.167 e. The average molecular weight is 736 g/mol. The van der Waals surface area contributed by atoms with Gasteiger partial charge in [-0.2, -0.15) is 0 Å². The zero-order valence-electron chi connectivity index (χ0n) is 32.0. The fourth-order valence-corrected chi connectivity index (χ4v) is 7.62. The van der Waals surface area contributed by atoms with Crippen LogP contribution >= 0.6 is 0 Å². The minimum Gasteiger partial charge on any atom is -0.456 e. The Morgan fingerprint density at radius 1 is 0.267 bits per heavy atom. The molecule has 252 valence electrons. The van der Waals surface area contributed by atoms with E-state index in [1.807, 2.05) is 72.8 Å². The van der Waals surface area contributed by atoms with Gasteiger partial charge in [0.1, 0.15) is 97.5 Å². The van der Waals surface area contributed by atoms with E-state index in [9.17, 15) is 0 Å². The van der Waals surface area contributed by atoms with Crippen LogP contribution in [0.4, 0.5) is 0 Å². The molecular weight excluding hydrogens is 717 g/mol. The van der Waals surface area contributed by atoms with Crippen LogP contribution in [0.1, 0.15) is 0 Å². The molecule has 0 aliphatic carbocycles. The Morgan fingerprint density at radius 3 is 1.10 bits per heavy atom. The lowest BCUT2D eigenvalue weighted by Gasteiger charge is -2.25. The van der Waals surface area contributed by atoms with Crippen molar-refractivity contribution >= 4 is 168 Å². The quantitative estimate of drug-likeness (QED) is 0.196. The van der Waals surface area contributed by atoms with E-state index in [-0.39, 0.29) is 105 Å². The van der Waals surface area contributed by atoms with Crippen LogP contribution in [0.3, 0.4) is 0 Å². The van der Waals surface area contributed by atoms with Crippen LogP contribution < -0.4 is 60.1 Å². The summed E-state index contributed by atoms with van der Waals surface area (Å²) in [5, 5.41) is 0.560. The summed E-state index contributed by atoms with van der Waals surface area (Å²) >= 11 is 0. The van der Waals surface area contributed by atoms with Crippen molar-refractivity contribution in [3.8, 4) is 67.5 Å². The monoisotopic (exact) mass is 737 g/mol. The molecule has 0 saturated heterocycles. The lowest BCUT2D eigenvalue weighted by Crippen LogP contribution is -2.56. The van der Waals surface area contributed by atoms with E-state index in [1.54, 1.807) is 0 Å². The van der Waals surface area contributed by atoms with Crippen LogP contribution in [0.25, 0.3) is 89.5 Å². The van der Waals surface area contributed by atoms with Gasteiger partial charge in [0.15, 0.2) is 17.5 Å². The SMILES string of the molecule is [B]c1c([B])c([B])c(-c2c([B])c([B])c3c(oc4c(-c5nc(-c6ccccc6)nc(-c6ccc(-c7ccc(-c8ccccc8)cc7)cc6)n5)c([B])c([B])c([B])c43)c2[B])c([B])c1[B]. The number of fused-ring (bicyclic) bond motifs is 3. The number of benzene rings is 7. The van der Waals surface area contributed by atoms with Crippen molar-refractivity contribution in [3.05, 3.63) is 109 Å². The largest absolute Gasteiger partial charge is 0.456 e. The van der Waals surface area contributed by atoms with Gasteiger partial charge in [-0.05, 0) is 38.8 Å². The average Bonchev–Trinajstić information content (AvgIpc) is 3.69. The highest BCUT2D eigenvalue weighted by Crippen LogP contribution is 2.34. The second-order valence-corrected chi connectivity index (χ2v) is 14.4. The third kappa shape index (κ3) is 6.36. The van der Waals surface area contributed by atoms with Gasteiger partial charge in [0, 0.05) is 21.9 Å². The molecule has 0 saturated carbocycles. The molecule has 4 nitrogen and oxygen atoms in total. The molecular formula is C45H18B11N3O. The van der Waals surface area contributed by atoms with Crippen LogP contribution in [-0.2, 0) is 0 Å². The van der Waals surface area contributed by atoms with Gasteiger partial charge in [-0.15, -0.1) is 21.9 Å². The molecule has 0 unspecified atom stereocenters. The molecule has 60 heavy (non-hydrogen) atoms. The van der Waals surface area contributed by atoms with Gasteiger partial charge < -0.3 is 4.42 Å². The van der Waals surface area contributed by atoms with Crippen LogP contribution in [0, 0.1) is 0 Å². The molecule has 9 aromatic rings. The van der Waals surface area contributed by atoms with Gasteiger partial charge in [-0.1, -0.05) is 142 Å². The zero-order valence-corrected chi connectivity index (χ0v) is 32.0. The van der Waals surface area contributed by atoms with Crippen LogP contribution in [0.15, 0.2) is 114 Å². The maximum absolute atomic E-state index is 6.87. The lowest BCUT2D eigenvalue weighted by molar-refractivity contribution is 0.673.